The van der Waals surface area contributed by atoms with E-state index in [4.69, 9.17) is 15.7 Å². The summed E-state index contributed by atoms with van der Waals surface area (Å²) in [6.07, 6.45) is 3.40. The number of aromatic nitrogens is 3. The molecule has 0 saturated carbocycles. The Morgan fingerprint density at radius 2 is 1.62 bits per heavy atom. The van der Waals surface area contributed by atoms with E-state index in [0.717, 1.165) is 75.3 Å². The van der Waals surface area contributed by atoms with E-state index in [0.29, 0.717) is 13.0 Å². The molecule has 5 rings (SSSR count). The minimum absolute atomic E-state index is 0.0185. The Balaban J connectivity index is 1.49. The van der Waals surface area contributed by atoms with E-state index in [1.165, 1.54) is 0 Å². The predicted molar refractivity (Wildman–Crippen MR) is 152 cm³/mol. The second-order valence-electron chi connectivity index (χ2n) is 9.54. The van der Waals surface area contributed by atoms with Crippen molar-refractivity contribution in [3.05, 3.63) is 124 Å². The lowest BCUT2D eigenvalue weighted by Gasteiger charge is -2.16. The van der Waals surface area contributed by atoms with Crippen LogP contribution in [0.25, 0.3) is 22.0 Å². The number of hydrogen-bond acceptors (Lipinski definition) is 4. The van der Waals surface area contributed by atoms with E-state index < -0.39 is 0 Å². The summed E-state index contributed by atoms with van der Waals surface area (Å²) >= 11 is 0. The molecule has 0 aliphatic carbocycles. The van der Waals surface area contributed by atoms with Gasteiger partial charge in [0.2, 0.25) is 0 Å². The van der Waals surface area contributed by atoms with Crippen LogP contribution in [-0.4, -0.2) is 14.5 Å². The molecule has 2 heterocycles. The largest absolute Gasteiger partial charge is 0.398 e. The van der Waals surface area contributed by atoms with E-state index in [-0.39, 0.29) is 5.56 Å². The Hall–Kier alpha value is -4.25. The SMILES string of the molecule is CCCCc1nc(C)n(Cc2ccc3ccccc3n2)c(=O)c1Cc1ccc(-c2ccccc2N)cc1. The van der Waals surface area contributed by atoms with Crippen molar-refractivity contribution in [2.75, 3.05) is 5.73 Å². The van der Waals surface area contributed by atoms with Crippen LogP contribution in [0.2, 0.25) is 0 Å². The van der Waals surface area contributed by atoms with Gasteiger partial charge in [0.1, 0.15) is 5.82 Å². The van der Waals surface area contributed by atoms with Crippen LogP contribution in [0.4, 0.5) is 5.69 Å². The summed E-state index contributed by atoms with van der Waals surface area (Å²) in [5.74, 6) is 0.727. The zero-order valence-electron chi connectivity index (χ0n) is 21.4. The van der Waals surface area contributed by atoms with E-state index in [1.807, 2.05) is 61.5 Å². The molecule has 5 nitrogen and oxygen atoms in total. The summed E-state index contributed by atoms with van der Waals surface area (Å²) in [7, 11) is 0. The van der Waals surface area contributed by atoms with E-state index in [2.05, 4.69) is 37.3 Å². The molecule has 0 unspecified atom stereocenters. The lowest BCUT2D eigenvalue weighted by molar-refractivity contribution is 0.655. The number of rotatable bonds is 8. The number of aryl methyl sites for hydroxylation is 2. The van der Waals surface area contributed by atoms with Gasteiger partial charge in [-0.05, 0) is 49.1 Å². The average molecular weight is 489 g/mol. The molecule has 0 spiro atoms. The van der Waals surface area contributed by atoms with Gasteiger partial charge in [-0.2, -0.15) is 0 Å². The van der Waals surface area contributed by atoms with Crippen LogP contribution in [0.1, 0.15) is 48.1 Å². The first kappa shape index (κ1) is 24.4. The van der Waals surface area contributed by atoms with Crippen LogP contribution >= 0.6 is 0 Å². The molecular formula is C32H32N4O. The summed E-state index contributed by atoms with van der Waals surface area (Å²) in [6, 6.07) is 28.3. The normalized spacial score (nSPS) is 11.2. The molecule has 0 aliphatic heterocycles. The fourth-order valence-electron chi connectivity index (χ4n) is 4.80. The summed E-state index contributed by atoms with van der Waals surface area (Å²) in [5, 5.41) is 1.09. The van der Waals surface area contributed by atoms with Crippen molar-refractivity contribution in [3.8, 4) is 11.1 Å². The van der Waals surface area contributed by atoms with Gasteiger partial charge in [0, 0.05) is 28.6 Å². The van der Waals surface area contributed by atoms with Gasteiger partial charge >= 0.3 is 0 Å². The first-order valence-corrected chi connectivity index (χ1v) is 12.9. The Morgan fingerprint density at radius 1 is 0.865 bits per heavy atom. The number of nitrogens with zero attached hydrogens (tertiary/aromatic N) is 3. The zero-order valence-corrected chi connectivity index (χ0v) is 21.4. The molecule has 5 aromatic rings. The second kappa shape index (κ2) is 10.8. The lowest BCUT2D eigenvalue weighted by atomic mass is 9.98. The number of fused-ring (bicyclic) bond motifs is 1. The zero-order chi connectivity index (χ0) is 25.8. The molecule has 0 saturated heterocycles. The molecule has 0 fully saturated rings. The van der Waals surface area contributed by atoms with Gasteiger partial charge in [-0.15, -0.1) is 0 Å². The number of nitrogen functional groups attached to an aromatic ring is 1. The highest BCUT2D eigenvalue weighted by atomic mass is 16.1. The Bertz CT molecular complexity index is 1600. The summed E-state index contributed by atoms with van der Waals surface area (Å²) < 4.78 is 1.76. The Labute approximate surface area is 217 Å². The maximum atomic E-state index is 13.9. The predicted octanol–water partition coefficient (Wildman–Crippen LogP) is 6.33. The van der Waals surface area contributed by atoms with Crippen LogP contribution in [0.5, 0.6) is 0 Å². The standard InChI is InChI=1S/C32H32N4O/c1-3-4-12-31-28(20-23-14-16-24(17-15-23)27-10-6-7-11-29(27)33)32(37)36(22(2)34-31)21-26-19-18-25-9-5-8-13-30(25)35-26/h5-11,13-19H,3-4,12,20-21,33H2,1-2H3. The highest BCUT2D eigenvalue weighted by Gasteiger charge is 2.16. The third kappa shape index (κ3) is 5.31. The van der Waals surface area contributed by atoms with Crippen molar-refractivity contribution < 1.29 is 0 Å². The van der Waals surface area contributed by atoms with Gasteiger partial charge in [0.25, 0.3) is 5.56 Å². The number of unbranched alkanes of at least 4 members (excludes halogenated alkanes) is 1. The van der Waals surface area contributed by atoms with Gasteiger partial charge < -0.3 is 5.73 Å². The van der Waals surface area contributed by atoms with Crippen LogP contribution in [0.15, 0.2) is 89.7 Å². The van der Waals surface area contributed by atoms with Crippen LogP contribution in [-0.2, 0) is 19.4 Å². The van der Waals surface area contributed by atoms with Crippen LogP contribution in [0, 0.1) is 6.92 Å². The molecule has 0 aliphatic rings. The Kier molecular flexibility index (Phi) is 7.13. The highest BCUT2D eigenvalue weighted by molar-refractivity contribution is 5.78. The quantitative estimate of drug-likeness (QED) is 0.259. The van der Waals surface area contributed by atoms with E-state index >= 15 is 0 Å². The second-order valence-corrected chi connectivity index (χ2v) is 9.54. The molecule has 37 heavy (non-hydrogen) atoms. The lowest BCUT2D eigenvalue weighted by Crippen LogP contribution is -2.30. The number of para-hydroxylation sites is 2. The number of pyridine rings is 1. The molecule has 3 aromatic carbocycles. The van der Waals surface area contributed by atoms with Crippen molar-refractivity contribution in [1.29, 1.82) is 0 Å². The molecule has 5 heteroatoms. The maximum absolute atomic E-state index is 13.9. The van der Waals surface area contributed by atoms with Crippen LogP contribution < -0.4 is 11.3 Å². The maximum Gasteiger partial charge on any atom is 0.257 e. The fourth-order valence-corrected chi connectivity index (χ4v) is 4.80. The number of benzene rings is 3. The van der Waals surface area contributed by atoms with Crippen molar-refractivity contribution in [2.24, 2.45) is 0 Å². The van der Waals surface area contributed by atoms with Gasteiger partial charge in [-0.3, -0.25) is 14.3 Å². The van der Waals surface area contributed by atoms with E-state index in [1.54, 1.807) is 4.57 Å². The van der Waals surface area contributed by atoms with E-state index in [9.17, 15) is 4.79 Å². The topological polar surface area (TPSA) is 73.8 Å². The van der Waals surface area contributed by atoms with Crippen molar-refractivity contribution >= 4 is 16.6 Å². The highest BCUT2D eigenvalue weighted by Crippen LogP contribution is 2.26. The number of nitrogens with two attached hydrogens (primary N) is 1. The van der Waals surface area contributed by atoms with Gasteiger partial charge in [-0.1, -0.05) is 80.1 Å². The molecule has 2 aromatic heterocycles. The first-order valence-electron chi connectivity index (χ1n) is 12.9. The molecule has 0 amide bonds. The van der Waals surface area contributed by atoms with Crippen molar-refractivity contribution in [1.82, 2.24) is 14.5 Å². The minimum Gasteiger partial charge on any atom is -0.398 e. The molecule has 0 atom stereocenters. The smallest absolute Gasteiger partial charge is 0.257 e. The number of anilines is 1. The van der Waals surface area contributed by atoms with Gasteiger partial charge in [0.15, 0.2) is 0 Å². The third-order valence-electron chi connectivity index (χ3n) is 6.89. The molecule has 186 valence electrons. The molecule has 2 N–H and O–H groups in total. The van der Waals surface area contributed by atoms with Gasteiger partial charge in [0.05, 0.1) is 23.4 Å². The fraction of sp³-hybridized carbons (Fsp3) is 0.219. The number of hydrogen-bond donors (Lipinski definition) is 1. The molecular weight excluding hydrogens is 456 g/mol. The summed E-state index contributed by atoms with van der Waals surface area (Å²) in [4.78, 5) is 23.6. The minimum atomic E-state index is 0.0185. The van der Waals surface area contributed by atoms with Crippen LogP contribution in [0.3, 0.4) is 0 Å². The Morgan fingerprint density at radius 3 is 2.41 bits per heavy atom. The van der Waals surface area contributed by atoms with Crippen molar-refractivity contribution in [2.45, 2.75) is 46.1 Å². The monoisotopic (exact) mass is 488 g/mol. The summed E-state index contributed by atoms with van der Waals surface area (Å²) in [5.41, 5.74) is 13.6. The molecule has 0 radical (unpaired) electrons. The molecule has 0 bridgehead atoms. The third-order valence-corrected chi connectivity index (χ3v) is 6.89. The van der Waals surface area contributed by atoms with Gasteiger partial charge in [-0.25, -0.2) is 4.98 Å². The summed E-state index contributed by atoms with van der Waals surface area (Å²) in [6.45, 7) is 4.48. The average Bonchev–Trinajstić information content (AvgIpc) is 2.92. The van der Waals surface area contributed by atoms with Crippen molar-refractivity contribution in [3.63, 3.8) is 0 Å². The first-order chi connectivity index (χ1) is 18.0.